The van der Waals surface area contributed by atoms with Gasteiger partial charge in [0.2, 0.25) is 11.8 Å². The van der Waals surface area contributed by atoms with Crippen LogP contribution in [0.15, 0.2) is 38.8 Å². The number of nitrogens with one attached hydrogen (secondary N) is 1. The third-order valence-corrected chi connectivity index (χ3v) is 5.58. The fourth-order valence-electron chi connectivity index (χ4n) is 3.74. The summed E-state index contributed by atoms with van der Waals surface area (Å²) in [5.74, 6) is 0.239. The first-order valence-corrected chi connectivity index (χ1v) is 10.6. The summed E-state index contributed by atoms with van der Waals surface area (Å²) < 4.78 is 6.17. The van der Waals surface area contributed by atoms with E-state index in [4.69, 9.17) is 4.74 Å². The predicted octanol–water partition coefficient (Wildman–Crippen LogP) is 0.603. The van der Waals surface area contributed by atoms with Crippen molar-refractivity contribution in [2.75, 3.05) is 46.4 Å². The Labute approximate surface area is 185 Å². The van der Waals surface area contributed by atoms with E-state index in [0.29, 0.717) is 49.7 Å². The number of carbonyl (C=O) groups is 1. The molecule has 2 heterocycles. The van der Waals surface area contributed by atoms with Gasteiger partial charge in [-0.15, -0.1) is 0 Å². The highest BCUT2D eigenvalue weighted by Crippen LogP contribution is 2.20. The number of aromatic nitrogens is 2. The lowest BCUT2D eigenvalue weighted by Gasteiger charge is -2.33. The summed E-state index contributed by atoms with van der Waals surface area (Å²) in [6.45, 7) is 7.43. The third kappa shape index (κ3) is 5.08. The van der Waals surface area contributed by atoms with Crippen LogP contribution in [0.3, 0.4) is 0 Å². The van der Waals surface area contributed by atoms with Crippen molar-refractivity contribution in [1.82, 2.24) is 19.4 Å². The number of aromatic hydroxyl groups is 1. The highest BCUT2D eigenvalue weighted by atomic mass is 16.5. The van der Waals surface area contributed by atoms with Gasteiger partial charge in [-0.1, -0.05) is 6.92 Å². The molecule has 0 bridgehead atoms. The highest BCUT2D eigenvalue weighted by molar-refractivity contribution is 6.02. The van der Waals surface area contributed by atoms with Crippen LogP contribution in [0.25, 0.3) is 5.69 Å². The third-order valence-electron chi connectivity index (χ3n) is 5.58. The highest BCUT2D eigenvalue weighted by Gasteiger charge is 2.20. The van der Waals surface area contributed by atoms with Crippen molar-refractivity contribution in [3.8, 4) is 17.3 Å². The van der Waals surface area contributed by atoms with Gasteiger partial charge < -0.3 is 14.7 Å². The standard InChI is InChI=1S/C22H29N5O5/c1-4-18(23-9-10-25-11-13-26(14-12-25)15(2)28)19-20(29)24-22(31)27(21(19)30)16-5-7-17(32-3)8-6-16/h5-8,30H,4,9-14H2,1-3H3,(H,24,29,31). The predicted molar refractivity (Wildman–Crippen MR) is 121 cm³/mol. The number of carbonyl (C=O) groups excluding carboxylic acids is 1. The van der Waals surface area contributed by atoms with E-state index in [1.165, 1.54) is 7.11 Å². The van der Waals surface area contributed by atoms with Crippen molar-refractivity contribution in [1.29, 1.82) is 0 Å². The summed E-state index contributed by atoms with van der Waals surface area (Å²) in [5, 5.41) is 10.8. The van der Waals surface area contributed by atoms with E-state index in [9.17, 15) is 19.5 Å². The number of rotatable bonds is 7. The average molecular weight is 444 g/mol. The second kappa shape index (κ2) is 10.3. The molecule has 0 unspecified atom stereocenters. The second-order valence-corrected chi connectivity index (χ2v) is 7.52. The van der Waals surface area contributed by atoms with Crippen molar-refractivity contribution >= 4 is 11.6 Å². The van der Waals surface area contributed by atoms with E-state index >= 15 is 0 Å². The van der Waals surface area contributed by atoms with Gasteiger partial charge in [0.25, 0.3) is 5.56 Å². The Bertz CT molecular complexity index is 1100. The Morgan fingerprint density at radius 3 is 2.38 bits per heavy atom. The number of ether oxygens (including phenoxy) is 1. The van der Waals surface area contributed by atoms with Crippen LogP contribution in [0.4, 0.5) is 0 Å². The molecule has 1 fully saturated rings. The molecular weight excluding hydrogens is 414 g/mol. The lowest BCUT2D eigenvalue weighted by molar-refractivity contribution is -0.130. The summed E-state index contributed by atoms with van der Waals surface area (Å²) >= 11 is 0. The summed E-state index contributed by atoms with van der Waals surface area (Å²) in [6.07, 6.45) is 0.412. The van der Waals surface area contributed by atoms with Crippen LogP contribution in [0, 0.1) is 0 Å². The Hall–Kier alpha value is -3.40. The quantitative estimate of drug-likeness (QED) is 0.605. The maximum absolute atomic E-state index is 12.5. The minimum Gasteiger partial charge on any atom is -0.497 e. The van der Waals surface area contributed by atoms with E-state index in [1.807, 2.05) is 11.8 Å². The minimum absolute atomic E-state index is 0.00989. The summed E-state index contributed by atoms with van der Waals surface area (Å²) in [5.41, 5.74) is -0.601. The molecule has 32 heavy (non-hydrogen) atoms. The first-order valence-electron chi connectivity index (χ1n) is 10.6. The number of methoxy groups -OCH3 is 1. The van der Waals surface area contributed by atoms with Gasteiger partial charge in [0.15, 0.2) is 0 Å². The summed E-state index contributed by atoms with van der Waals surface area (Å²) in [7, 11) is 1.53. The Balaban J connectivity index is 1.82. The molecule has 0 radical (unpaired) electrons. The van der Waals surface area contributed by atoms with Crippen molar-refractivity contribution in [3.05, 3.63) is 50.7 Å². The molecule has 10 nitrogen and oxygen atoms in total. The van der Waals surface area contributed by atoms with Crippen molar-refractivity contribution < 1.29 is 14.6 Å². The van der Waals surface area contributed by atoms with Crippen molar-refractivity contribution in [3.63, 3.8) is 0 Å². The van der Waals surface area contributed by atoms with Gasteiger partial charge in [-0.3, -0.25) is 24.5 Å². The minimum atomic E-state index is -0.736. The number of H-pyrrole nitrogens is 1. The molecule has 172 valence electrons. The zero-order chi connectivity index (χ0) is 23.3. The van der Waals surface area contributed by atoms with Crippen LogP contribution in [-0.2, 0) is 4.79 Å². The van der Waals surface area contributed by atoms with E-state index in [-0.39, 0.29) is 11.5 Å². The van der Waals surface area contributed by atoms with Gasteiger partial charge in [-0.05, 0) is 30.7 Å². The number of aromatic amines is 1. The van der Waals surface area contributed by atoms with Crippen molar-refractivity contribution in [2.45, 2.75) is 20.3 Å². The number of piperazine rings is 1. The van der Waals surface area contributed by atoms with E-state index in [2.05, 4.69) is 14.9 Å². The summed E-state index contributed by atoms with van der Waals surface area (Å²) in [4.78, 5) is 47.3. The fraction of sp³-hybridized carbons (Fsp3) is 0.455. The summed E-state index contributed by atoms with van der Waals surface area (Å²) in [6, 6.07) is 6.55. The molecule has 10 heteroatoms. The van der Waals surface area contributed by atoms with Gasteiger partial charge in [0.05, 0.1) is 25.1 Å². The number of nitrogens with zero attached hydrogens (tertiary/aromatic N) is 4. The molecule has 1 aromatic heterocycles. The zero-order valence-corrected chi connectivity index (χ0v) is 18.6. The molecule has 1 aromatic carbocycles. The molecule has 0 aliphatic carbocycles. The molecule has 3 rings (SSSR count). The van der Waals surface area contributed by atoms with Gasteiger partial charge in [0, 0.05) is 39.6 Å². The molecular formula is C22H29N5O5. The van der Waals surface area contributed by atoms with Crippen LogP contribution >= 0.6 is 0 Å². The SMILES string of the molecule is CCC(=NCCN1CCN(C(C)=O)CC1)c1c(O)n(-c2ccc(OC)cc2)c(=O)[nH]c1=O. The largest absolute Gasteiger partial charge is 0.497 e. The maximum Gasteiger partial charge on any atom is 0.335 e. The second-order valence-electron chi connectivity index (χ2n) is 7.52. The van der Waals surface area contributed by atoms with Crippen LogP contribution in [0.5, 0.6) is 11.6 Å². The molecule has 0 saturated carbocycles. The first kappa shape index (κ1) is 23.3. The van der Waals surface area contributed by atoms with Crippen LogP contribution in [0.1, 0.15) is 25.8 Å². The lowest BCUT2D eigenvalue weighted by Crippen LogP contribution is -2.48. The number of amides is 1. The topological polar surface area (TPSA) is 120 Å². The van der Waals surface area contributed by atoms with Gasteiger partial charge >= 0.3 is 5.69 Å². The number of benzene rings is 1. The van der Waals surface area contributed by atoms with Gasteiger partial charge in [0.1, 0.15) is 11.3 Å². The normalized spacial score (nSPS) is 15.1. The van der Waals surface area contributed by atoms with Gasteiger partial charge in [-0.2, -0.15) is 0 Å². The Morgan fingerprint density at radius 2 is 1.81 bits per heavy atom. The molecule has 1 saturated heterocycles. The smallest absolute Gasteiger partial charge is 0.335 e. The molecule has 0 spiro atoms. The van der Waals surface area contributed by atoms with Gasteiger partial charge in [-0.25, -0.2) is 9.36 Å². The first-order chi connectivity index (χ1) is 15.3. The molecule has 0 atom stereocenters. The maximum atomic E-state index is 12.5. The monoisotopic (exact) mass is 443 g/mol. The Morgan fingerprint density at radius 1 is 1.16 bits per heavy atom. The average Bonchev–Trinajstić information content (AvgIpc) is 2.78. The number of aliphatic imine (C=N–C) groups is 1. The van der Waals surface area contributed by atoms with Crippen LogP contribution in [-0.4, -0.2) is 82.5 Å². The number of hydrogen-bond donors (Lipinski definition) is 2. The van der Waals surface area contributed by atoms with E-state index in [0.717, 1.165) is 17.7 Å². The molecule has 2 aromatic rings. The Kier molecular flexibility index (Phi) is 7.47. The lowest BCUT2D eigenvalue weighted by atomic mass is 10.1. The molecule has 2 N–H and O–H groups in total. The van der Waals surface area contributed by atoms with Crippen molar-refractivity contribution in [2.24, 2.45) is 4.99 Å². The number of hydrogen-bond acceptors (Lipinski definition) is 7. The van der Waals surface area contributed by atoms with Crippen LogP contribution in [0.2, 0.25) is 0 Å². The van der Waals surface area contributed by atoms with E-state index in [1.54, 1.807) is 31.2 Å². The molecule has 1 aliphatic heterocycles. The zero-order valence-electron chi connectivity index (χ0n) is 18.6. The fourth-order valence-corrected chi connectivity index (χ4v) is 3.74. The molecule has 1 aliphatic rings. The molecule has 1 amide bonds. The van der Waals surface area contributed by atoms with Crippen LogP contribution < -0.4 is 16.0 Å². The van der Waals surface area contributed by atoms with E-state index < -0.39 is 17.1 Å².